The molecule has 11 heteroatoms. The summed E-state index contributed by atoms with van der Waals surface area (Å²) in [6.07, 6.45) is 1.74. The van der Waals surface area contributed by atoms with Gasteiger partial charge in [0.1, 0.15) is 12.3 Å². The molecule has 3 aromatic heterocycles. The summed E-state index contributed by atoms with van der Waals surface area (Å²) in [5.74, 6) is 1.21. The van der Waals surface area contributed by atoms with E-state index >= 15 is 0 Å². The van der Waals surface area contributed by atoms with Crippen molar-refractivity contribution in [2.45, 2.75) is 13.5 Å². The molecule has 11 nitrogen and oxygen atoms in total. The van der Waals surface area contributed by atoms with Gasteiger partial charge in [-0.1, -0.05) is 12.1 Å². The molecule has 0 saturated carbocycles. The van der Waals surface area contributed by atoms with Crippen LogP contribution < -0.4 is 19.9 Å². The van der Waals surface area contributed by atoms with Crippen molar-refractivity contribution in [3.05, 3.63) is 64.2 Å². The minimum atomic E-state index is -0.338. The van der Waals surface area contributed by atoms with E-state index in [4.69, 9.17) is 14.2 Å². The van der Waals surface area contributed by atoms with Gasteiger partial charge in [0.15, 0.2) is 0 Å². The van der Waals surface area contributed by atoms with E-state index in [1.165, 1.54) is 23.6 Å². The first-order valence-electron chi connectivity index (χ1n) is 9.37. The van der Waals surface area contributed by atoms with Crippen molar-refractivity contribution in [3.8, 4) is 29.0 Å². The van der Waals surface area contributed by atoms with Gasteiger partial charge in [0.2, 0.25) is 17.6 Å². The maximum Gasteiger partial charge on any atom is 0.368 e. The average Bonchev–Trinajstić information content (AvgIpc) is 3.39. The highest BCUT2D eigenvalue weighted by Crippen LogP contribution is 2.25. The zero-order chi connectivity index (χ0) is 22.0. The minimum absolute atomic E-state index is 0.194. The molecule has 0 N–H and O–H groups in total. The molecule has 3 heterocycles. The average molecular weight is 423 g/mol. The number of ether oxygens (including phenoxy) is 3. The van der Waals surface area contributed by atoms with Crippen LogP contribution in [-0.4, -0.2) is 48.8 Å². The predicted molar refractivity (Wildman–Crippen MR) is 110 cm³/mol. The fraction of sp³-hybridized carbons (Fsp3) is 0.250. The second-order valence-corrected chi connectivity index (χ2v) is 6.64. The van der Waals surface area contributed by atoms with Crippen LogP contribution >= 0.6 is 0 Å². The number of hydrogen-bond donors (Lipinski definition) is 0. The smallest absolute Gasteiger partial charge is 0.368 e. The van der Waals surface area contributed by atoms with E-state index in [9.17, 15) is 4.79 Å². The summed E-state index contributed by atoms with van der Waals surface area (Å²) in [4.78, 5) is 16.6. The fourth-order valence-electron chi connectivity index (χ4n) is 3.06. The van der Waals surface area contributed by atoms with E-state index in [0.717, 1.165) is 11.1 Å². The minimum Gasteiger partial charge on any atom is -0.481 e. The molecule has 4 rings (SSSR count). The zero-order valence-electron chi connectivity index (χ0n) is 17.5. The number of benzene rings is 1. The molecule has 160 valence electrons. The van der Waals surface area contributed by atoms with Crippen LogP contribution in [0.15, 0.2) is 47.4 Å². The lowest BCUT2D eigenvalue weighted by molar-refractivity contribution is 0.290. The van der Waals surface area contributed by atoms with Gasteiger partial charge in [-0.3, -0.25) is 0 Å². The van der Waals surface area contributed by atoms with E-state index in [-0.39, 0.29) is 12.3 Å². The number of aromatic nitrogens is 7. The molecule has 0 radical (unpaired) electrons. The summed E-state index contributed by atoms with van der Waals surface area (Å²) in [5.41, 5.74) is 2.67. The Balaban J connectivity index is 1.59. The molecule has 0 aliphatic carbocycles. The molecule has 0 fully saturated rings. The lowest BCUT2D eigenvalue weighted by Crippen LogP contribution is -2.23. The Morgan fingerprint density at radius 1 is 0.968 bits per heavy atom. The molecule has 0 aliphatic heterocycles. The zero-order valence-corrected chi connectivity index (χ0v) is 17.5. The number of tetrazole rings is 1. The van der Waals surface area contributed by atoms with E-state index in [2.05, 4.69) is 20.5 Å². The van der Waals surface area contributed by atoms with Crippen LogP contribution in [0.1, 0.15) is 11.1 Å². The van der Waals surface area contributed by atoms with E-state index in [0.29, 0.717) is 29.0 Å². The van der Waals surface area contributed by atoms with Crippen molar-refractivity contribution in [1.29, 1.82) is 0 Å². The number of hydrogen-bond acceptors (Lipinski definition) is 8. The monoisotopic (exact) mass is 423 g/mol. The number of methoxy groups -OCH3 is 2. The van der Waals surface area contributed by atoms with Gasteiger partial charge < -0.3 is 14.2 Å². The highest BCUT2D eigenvalue weighted by molar-refractivity contribution is 5.45. The third-order valence-electron chi connectivity index (χ3n) is 4.73. The van der Waals surface area contributed by atoms with Crippen molar-refractivity contribution in [2.24, 2.45) is 7.05 Å². The molecule has 0 atom stereocenters. The quantitative estimate of drug-likeness (QED) is 0.439. The Morgan fingerprint density at radius 3 is 2.52 bits per heavy atom. The normalized spacial score (nSPS) is 10.8. The highest BCUT2D eigenvalue weighted by Gasteiger charge is 2.15. The first kappa shape index (κ1) is 20.1. The summed E-state index contributed by atoms with van der Waals surface area (Å²) in [6.45, 7) is 2.14. The Hall–Kier alpha value is -4.15. The van der Waals surface area contributed by atoms with Crippen molar-refractivity contribution in [1.82, 2.24) is 34.6 Å². The summed E-state index contributed by atoms with van der Waals surface area (Å²) in [6, 6.07) is 10.8. The largest absolute Gasteiger partial charge is 0.481 e. The number of nitrogens with zero attached hydrogens (tertiary/aromatic N) is 7. The van der Waals surface area contributed by atoms with Gasteiger partial charge in [-0.2, -0.15) is 14.3 Å². The lowest BCUT2D eigenvalue weighted by atomic mass is 10.1. The third kappa shape index (κ3) is 3.84. The second-order valence-electron chi connectivity index (χ2n) is 6.64. The Kier molecular flexibility index (Phi) is 5.39. The van der Waals surface area contributed by atoms with Crippen molar-refractivity contribution in [3.63, 3.8) is 0 Å². The summed E-state index contributed by atoms with van der Waals surface area (Å²) in [5, 5.41) is 12.2. The number of pyridine rings is 1. The molecular weight excluding hydrogens is 402 g/mol. The van der Waals surface area contributed by atoms with Gasteiger partial charge in [0.25, 0.3) is 0 Å². The van der Waals surface area contributed by atoms with Gasteiger partial charge >= 0.3 is 5.69 Å². The van der Waals surface area contributed by atoms with Crippen LogP contribution in [0.4, 0.5) is 0 Å². The Labute approximate surface area is 177 Å². The topological polar surface area (TPSA) is 111 Å². The third-order valence-corrected chi connectivity index (χ3v) is 4.73. The van der Waals surface area contributed by atoms with E-state index in [1.54, 1.807) is 42.2 Å². The van der Waals surface area contributed by atoms with Gasteiger partial charge in [-0.25, -0.2) is 9.48 Å². The fourth-order valence-corrected chi connectivity index (χ4v) is 3.06. The van der Waals surface area contributed by atoms with Crippen molar-refractivity contribution >= 4 is 0 Å². The SMILES string of the molecule is COc1ccc(-n2ccc(OCc3c(C)cccc3-n3nnn(C)c3=O)n2)c(OC)n1. The molecule has 0 amide bonds. The van der Waals surface area contributed by atoms with Crippen LogP contribution in [-0.2, 0) is 13.7 Å². The molecule has 0 bridgehead atoms. The number of rotatable bonds is 7. The second kappa shape index (κ2) is 8.30. The molecule has 4 aromatic rings. The van der Waals surface area contributed by atoms with Crippen molar-refractivity contribution < 1.29 is 14.2 Å². The molecule has 0 unspecified atom stereocenters. The Morgan fingerprint density at radius 2 is 1.81 bits per heavy atom. The highest BCUT2D eigenvalue weighted by atomic mass is 16.5. The van der Waals surface area contributed by atoms with Crippen LogP contribution in [0.2, 0.25) is 0 Å². The first-order valence-corrected chi connectivity index (χ1v) is 9.37. The van der Waals surface area contributed by atoms with Gasteiger partial charge in [-0.15, -0.1) is 5.10 Å². The molecule has 0 aliphatic rings. The van der Waals surface area contributed by atoms with Crippen molar-refractivity contribution in [2.75, 3.05) is 14.2 Å². The summed E-state index contributed by atoms with van der Waals surface area (Å²) in [7, 11) is 4.61. The van der Waals surface area contributed by atoms with Gasteiger partial charge in [-0.05, 0) is 35.0 Å². The van der Waals surface area contributed by atoms with Crippen LogP contribution in [0.3, 0.4) is 0 Å². The predicted octanol–water partition coefficient (Wildman–Crippen LogP) is 1.45. The molecule has 1 aromatic carbocycles. The van der Waals surface area contributed by atoms with Gasteiger partial charge in [0, 0.05) is 30.9 Å². The van der Waals surface area contributed by atoms with Gasteiger partial charge in [0.05, 0.1) is 19.9 Å². The maximum absolute atomic E-state index is 12.3. The summed E-state index contributed by atoms with van der Waals surface area (Å²) < 4.78 is 20.4. The summed E-state index contributed by atoms with van der Waals surface area (Å²) >= 11 is 0. The lowest BCUT2D eigenvalue weighted by Gasteiger charge is -2.12. The van der Waals surface area contributed by atoms with E-state index in [1.807, 2.05) is 19.1 Å². The first-order chi connectivity index (χ1) is 15.0. The molecule has 31 heavy (non-hydrogen) atoms. The standard InChI is InChI=1S/C20H21N7O4/c1-13-6-5-7-15(27-20(28)25(2)23-24-27)14(13)12-31-18-10-11-26(22-18)16-8-9-17(29-3)21-19(16)30-4/h5-11H,12H2,1-4H3. The van der Waals surface area contributed by atoms with Crippen LogP contribution in [0.5, 0.6) is 17.6 Å². The molecule has 0 spiro atoms. The molecular formula is C20H21N7O4. The number of aryl methyl sites for hydroxylation is 2. The molecule has 0 saturated heterocycles. The van der Waals surface area contributed by atoms with Crippen LogP contribution in [0.25, 0.3) is 11.4 Å². The van der Waals surface area contributed by atoms with Crippen LogP contribution in [0, 0.1) is 6.92 Å². The Bertz CT molecular complexity index is 1270. The van der Waals surface area contributed by atoms with E-state index < -0.39 is 0 Å². The maximum atomic E-state index is 12.3.